The zero-order valence-electron chi connectivity index (χ0n) is 13.4. The molecule has 174 valence electrons. The average molecular weight is 464 g/mol. The number of carboxylic acids is 2. The lowest BCUT2D eigenvalue weighted by Gasteiger charge is -2.25. The fraction of sp³-hybridized carbons (Fsp3) is 0.818. The number of carbonyl (C=O) groups is 2. The van der Waals surface area contributed by atoms with E-state index in [2.05, 4.69) is 11.5 Å². The van der Waals surface area contributed by atoms with Gasteiger partial charge in [0.2, 0.25) is 0 Å². The van der Waals surface area contributed by atoms with Crippen molar-refractivity contribution in [2.24, 2.45) is 23.3 Å². The van der Waals surface area contributed by atoms with Crippen LogP contribution in [0.2, 0.25) is 0 Å². The lowest BCUT2D eigenvalue weighted by molar-refractivity contribution is -0.289. The van der Waals surface area contributed by atoms with E-state index >= 15 is 0 Å². The van der Waals surface area contributed by atoms with Crippen molar-refractivity contribution < 1.29 is 72.5 Å². The first-order valence-corrected chi connectivity index (χ1v) is 6.67. The molecular formula is C11H12F12N2O4. The lowest BCUT2D eigenvalue weighted by Crippen LogP contribution is -2.52. The molecular weight excluding hydrogens is 452 g/mol. The van der Waals surface area contributed by atoms with Crippen LogP contribution in [0.15, 0.2) is 0 Å². The first kappa shape index (κ1) is 29.2. The molecule has 0 fully saturated rings. The summed E-state index contributed by atoms with van der Waals surface area (Å²) in [5, 5.41) is 16.1. The summed E-state index contributed by atoms with van der Waals surface area (Å²) in [7, 11) is 0. The Labute approximate surface area is 152 Å². The van der Waals surface area contributed by atoms with Gasteiger partial charge in [0.25, 0.3) is 0 Å². The van der Waals surface area contributed by atoms with Gasteiger partial charge >= 0.3 is 36.6 Å². The van der Waals surface area contributed by atoms with E-state index in [1.54, 1.807) is 0 Å². The molecule has 0 aromatic heterocycles. The molecule has 0 heterocycles. The smallest absolute Gasteiger partial charge is 0.402 e. The minimum absolute atomic E-state index is 1.72. The van der Waals surface area contributed by atoms with E-state index < -0.39 is 67.0 Å². The lowest BCUT2D eigenvalue weighted by atomic mass is 9.99. The van der Waals surface area contributed by atoms with Gasteiger partial charge in [0.1, 0.15) is 12.1 Å². The summed E-state index contributed by atoms with van der Waals surface area (Å²) in [4.78, 5) is 19.9. The molecule has 0 spiro atoms. The Morgan fingerprint density at radius 3 is 1.10 bits per heavy atom. The highest BCUT2D eigenvalue weighted by molar-refractivity contribution is 5.74. The second-order valence-electron chi connectivity index (χ2n) is 5.24. The van der Waals surface area contributed by atoms with Crippen molar-refractivity contribution in [1.29, 1.82) is 0 Å². The molecule has 18 heteroatoms. The Bertz CT molecular complexity index is 526. The maximum Gasteiger partial charge on any atom is 0.402 e. The van der Waals surface area contributed by atoms with E-state index in [1.807, 2.05) is 0 Å². The second-order valence-corrected chi connectivity index (χ2v) is 5.24. The fourth-order valence-corrected chi connectivity index (χ4v) is 1.54. The van der Waals surface area contributed by atoms with E-state index in [0.29, 0.717) is 0 Å². The Morgan fingerprint density at radius 1 is 0.655 bits per heavy atom. The van der Waals surface area contributed by atoms with Crippen molar-refractivity contribution in [1.82, 2.24) is 0 Å². The van der Waals surface area contributed by atoms with Gasteiger partial charge in [0.15, 0.2) is 11.8 Å². The first-order chi connectivity index (χ1) is 12.4. The van der Waals surface area contributed by atoms with Gasteiger partial charge in [-0.2, -0.15) is 52.7 Å². The van der Waals surface area contributed by atoms with Crippen molar-refractivity contribution in [3.05, 3.63) is 0 Å². The molecule has 0 rings (SSSR count). The van der Waals surface area contributed by atoms with Gasteiger partial charge in [-0.1, -0.05) is 0 Å². The normalized spacial score (nSPS) is 15.6. The third-order valence-corrected chi connectivity index (χ3v) is 2.95. The SMILES string of the molecule is N[C@@H](CC(C(F)(F)F)C(F)(F)F)C(=O)O.N[C@H](C(=O)O)C(C(F)(F)F)C(F)(F)F. The maximum atomic E-state index is 11.9. The number of carboxylic acid groups (broad SMARTS) is 2. The Kier molecular flexibility index (Phi) is 9.75. The number of nitrogens with two attached hydrogens (primary N) is 2. The topological polar surface area (TPSA) is 127 Å². The number of hydrogen-bond donors (Lipinski definition) is 4. The number of aliphatic carboxylic acids is 2. The van der Waals surface area contributed by atoms with Gasteiger partial charge in [-0.05, 0) is 6.42 Å². The fourth-order valence-electron chi connectivity index (χ4n) is 1.54. The van der Waals surface area contributed by atoms with Crippen LogP contribution in [0.25, 0.3) is 0 Å². The molecule has 0 aliphatic carbocycles. The summed E-state index contributed by atoms with van der Waals surface area (Å²) >= 11 is 0. The predicted molar refractivity (Wildman–Crippen MR) is 67.0 cm³/mol. The summed E-state index contributed by atoms with van der Waals surface area (Å²) in [6.07, 6.45) is -24.3. The predicted octanol–water partition coefficient (Wildman–Crippen LogP) is 2.67. The monoisotopic (exact) mass is 464 g/mol. The van der Waals surface area contributed by atoms with Crippen LogP contribution in [0.1, 0.15) is 6.42 Å². The molecule has 0 radical (unpaired) electrons. The minimum atomic E-state index is -5.73. The second kappa shape index (κ2) is 9.68. The van der Waals surface area contributed by atoms with E-state index in [9.17, 15) is 62.3 Å². The largest absolute Gasteiger partial charge is 0.480 e. The molecule has 0 bridgehead atoms. The Morgan fingerprint density at radius 2 is 0.966 bits per heavy atom. The van der Waals surface area contributed by atoms with Crippen LogP contribution in [-0.4, -0.2) is 58.9 Å². The van der Waals surface area contributed by atoms with Crippen molar-refractivity contribution >= 4 is 11.9 Å². The highest BCUT2D eigenvalue weighted by Gasteiger charge is 2.61. The molecule has 0 aromatic carbocycles. The average Bonchev–Trinajstić information content (AvgIpc) is 2.38. The molecule has 0 amide bonds. The van der Waals surface area contributed by atoms with E-state index in [0.717, 1.165) is 0 Å². The third-order valence-electron chi connectivity index (χ3n) is 2.95. The highest BCUT2D eigenvalue weighted by atomic mass is 19.4. The summed E-state index contributed by atoms with van der Waals surface area (Å²) in [6, 6.07) is -5.24. The van der Waals surface area contributed by atoms with Gasteiger partial charge in [-0.15, -0.1) is 0 Å². The van der Waals surface area contributed by atoms with Crippen LogP contribution in [0.4, 0.5) is 52.7 Å². The van der Waals surface area contributed by atoms with Crippen LogP contribution in [0.5, 0.6) is 0 Å². The van der Waals surface area contributed by atoms with Gasteiger partial charge in [-0.25, -0.2) is 0 Å². The summed E-state index contributed by atoms with van der Waals surface area (Å²) in [5.41, 5.74) is 8.90. The molecule has 0 saturated heterocycles. The first-order valence-electron chi connectivity index (χ1n) is 6.67. The molecule has 0 unspecified atom stereocenters. The van der Waals surface area contributed by atoms with Gasteiger partial charge in [-0.3, -0.25) is 9.59 Å². The van der Waals surface area contributed by atoms with E-state index in [1.165, 1.54) is 0 Å². The number of rotatable bonds is 5. The molecule has 0 aliphatic rings. The summed E-state index contributed by atoms with van der Waals surface area (Å²) in [5.74, 6) is -12.0. The number of halogens is 12. The molecule has 6 N–H and O–H groups in total. The van der Waals surface area contributed by atoms with Gasteiger partial charge in [0.05, 0.1) is 0 Å². The summed E-state index contributed by atoms with van der Waals surface area (Å²) in [6.45, 7) is 0. The van der Waals surface area contributed by atoms with E-state index in [-0.39, 0.29) is 0 Å². The zero-order chi connectivity index (χ0) is 24.2. The van der Waals surface area contributed by atoms with Crippen molar-refractivity contribution in [3.63, 3.8) is 0 Å². The van der Waals surface area contributed by atoms with Crippen molar-refractivity contribution in [2.45, 2.75) is 43.2 Å². The van der Waals surface area contributed by atoms with Crippen LogP contribution < -0.4 is 11.5 Å². The van der Waals surface area contributed by atoms with Crippen LogP contribution in [-0.2, 0) is 9.59 Å². The van der Waals surface area contributed by atoms with Crippen molar-refractivity contribution in [2.75, 3.05) is 0 Å². The van der Waals surface area contributed by atoms with E-state index in [4.69, 9.17) is 10.2 Å². The van der Waals surface area contributed by atoms with Gasteiger partial charge in [0, 0.05) is 0 Å². The highest BCUT2D eigenvalue weighted by Crippen LogP contribution is 2.42. The van der Waals surface area contributed by atoms with Crippen LogP contribution in [0.3, 0.4) is 0 Å². The van der Waals surface area contributed by atoms with Crippen LogP contribution in [0, 0.1) is 11.8 Å². The molecule has 0 saturated carbocycles. The molecule has 0 aromatic rings. The van der Waals surface area contributed by atoms with Crippen molar-refractivity contribution in [3.8, 4) is 0 Å². The molecule has 6 nitrogen and oxygen atoms in total. The zero-order valence-corrected chi connectivity index (χ0v) is 13.4. The molecule has 0 aliphatic heterocycles. The minimum Gasteiger partial charge on any atom is -0.480 e. The third kappa shape index (κ3) is 10.4. The van der Waals surface area contributed by atoms with Gasteiger partial charge < -0.3 is 21.7 Å². The molecule has 2 atom stereocenters. The number of alkyl halides is 12. The van der Waals surface area contributed by atoms with Crippen LogP contribution >= 0.6 is 0 Å². The molecule has 29 heavy (non-hydrogen) atoms. The number of hydrogen-bond acceptors (Lipinski definition) is 4. The maximum absolute atomic E-state index is 11.9. The summed E-state index contributed by atoms with van der Waals surface area (Å²) < 4.78 is 142. The Hall–Kier alpha value is -1.98. The Balaban J connectivity index is 0. The quantitative estimate of drug-likeness (QED) is 0.464. The standard InChI is InChI=1S/C6H7F6NO2.C5H5F6NO2/c7-5(8,9)3(6(10,11)12)1-2(13)4(14)15;6-4(7,8)2(5(9,10)11)1(12)3(13)14/h2-3H,1,13H2,(H,14,15);1-2H,12H2,(H,13,14)/t2-;1-/m00/s1.